The molecule has 0 aromatic rings. The zero-order valence-electron chi connectivity index (χ0n) is 17.7. The minimum Gasteiger partial charge on any atom is -0.480 e. The Morgan fingerprint density at radius 3 is 1.87 bits per heavy atom. The smallest absolute Gasteiger partial charge is 0.320 e. The summed E-state index contributed by atoms with van der Waals surface area (Å²) in [5, 5.41) is 18.8. The molecule has 1 rings (SSSR count). The molecule has 1 saturated heterocycles. The van der Waals surface area contributed by atoms with Crippen LogP contribution in [0.4, 0.5) is 0 Å². The van der Waals surface area contributed by atoms with Gasteiger partial charge in [0.1, 0.15) is 12.3 Å². The van der Waals surface area contributed by atoms with E-state index in [0.29, 0.717) is 52.4 Å². The van der Waals surface area contributed by atoms with E-state index in [1.165, 1.54) is 0 Å². The Kier molecular flexibility index (Phi) is 12.1. The predicted octanol–water partition coefficient (Wildman–Crippen LogP) is -1.77. The SMILES string of the molecule is CCN1CCN(CC(=O)O)CCN(CC(N)=O)CCN(C(CCC=O)C(=O)O)CC1. The molecule has 1 atom stereocenters. The lowest BCUT2D eigenvalue weighted by Crippen LogP contribution is -2.51. The lowest BCUT2D eigenvalue weighted by molar-refractivity contribution is -0.144. The highest BCUT2D eigenvalue weighted by Gasteiger charge is 2.27. The fourth-order valence-corrected chi connectivity index (χ4v) is 3.60. The number of nitrogens with two attached hydrogens (primary N) is 1. The molecule has 0 saturated carbocycles. The van der Waals surface area contributed by atoms with Gasteiger partial charge in [-0.2, -0.15) is 0 Å². The first-order valence-electron chi connectivity index (χ1n) is 10.3. The van der Waals surface area contributed by atoms with Crippen LogP contribution >= 0.6 is 0 Å². The zero-order valence-corrected chi connectivity index (χ0v) is 17.7. The average Bonchev–Trinajstić information content (AvgIpc) is 2.66. The largest absolute Gasteiger partial charge is 0.480 e. The monoisotopic (exact) mass is 429 g/mol. The Morgan fingerprint density at radius 2 is 1.40 bits per heavy atom. The van der Waals surface area contributed by atoms with Crippen LogP contribution in [0, 0.1) is 0 Å². The molecule has 0 bridgehead atoms. The molecule has 30 heavy (non-hydrogen) atoms. The maximum atomic E-state index is 11.8. The molecule has 1 aliphatic heterocycles. The number of likely N-dealkylation sites (N-methyl/N-ethyl adjacent to an activating group) is 1. The number of carboxylic acids is 2. The molecule has 0 aliphatic carbocycles. The van der Waals surface area contributed by atoms with Gasteiger partial charge in [0.05, 0.1) is 13.1 Å². The van der Waals surface area contributed by atoms with E-state index in [1.807, 2.05) is 21.6 Å². The topological polar surface area (TPSA) is 148 Å². The molecular formula is C19H35N5O6. The minimum atomic E-state index is -0.971. The number of amides is 1. The van der Waals surface area contributed by atoms with Gasteiger partial charge in [0.2, 0.25) is 5.91 Å². The summed E-state index contributed by atoms with van der Waals surface area (Å²) in [4.78, 5) is 52.9. The van der Waals surface area contributed by atoms with Crippen LogP contribution in [-0.2, 0) is 19.2 Å². The molecule has 1 amide bonds. The van der Waals surface area contributed by atoms with Crippen LogP contribution in [-0.4, -0.2) is 132 Å². The first-order chi connectivity index (χ1) is 14.3. The number of rotatable bonds is 10. The number of hydrogen-bond acceptors (Lipinski definition) is 8. The van der Waals surface area contributed by atoms with Crippen LogP contribution < -0.4 is 5.73 Å². The number of carbonyl (C=O) groups excluding carboxylic acids is 2. The number of nitrogens with zero attached hydrogens (tertiary/aromatic N) is 4. The van der Waals surface area contributed by atoms with Gasteiger partial charge in [-0.05, 0) is 13.0 Å². The summed E-state index contributed by atoms with van der Waals surface area (Å²) in [6.07, 6.45) is 1.12. The Morgan fingerprint density at radius 1 is 0.900 bits per heavy atom. The number of aldehydes is 1. The summed E-state index contributed by atoms with van der Waals surface area (Å²) < 4.78 is 0. The fourth-order valence-electron chi connectivity index (χ4n) is 3.60. The predicted molar refractivity (Wildman–Crippen MR) is 110 cm³/mol. The highest BCUT2D eigenvalue weighted by atomic mass is 16.4. The molecule has 0 aromatic carbocycles. The number of aliphatic carboxylic acids is 2. The molecule has 1 aliphatic rings. The summed E-state index contributed by atoms with van der Waals surface area (Å²) in [6.45, 7) is 6.75. The van der Waals surface area contributed by atoms with Crippen molar-refractivity contribution in [3.8, 4) is 0 Å². The Bertz CT molecular complexity index is 576. The second kappa shape index (κ2) is 14.0. The van der Waals surface area contributed by atoms with Crippen molar-refractivity contribution in [2.75, 3.05) is 72.0 Å². The Hall–Kier alpha value is -2.08. The van der Waals surface area contributed by atoms with E-state index in [0.717, 1.165) is 12.8 Å². The minimum absolute atomic E-state index is 0.0158. The number of primary amides is 1. The second-order valence-corrected chi connectivity index (χ2v) is 7.48. The van der Waals surface area contributed by atoms with Gasteiger partial charge >= 0.3 is 11.9 Å². The third-order valence-electron chi connectivity index (χ3n) is 5.34. The zero-order chi connectivity index (χ0) is 22.5. The van der Waals surface area contributed by atoms with E-state index in [2.05, 4.69) is 4.90 Å². The van der Waals surface area contributed by atoms with Crippen molar-refractivity contribution in [2.24, 2.45) is 5.73 Å². The maximum Gasteiger partial charge on any atom is 0.320 e. The molecule has 4 N–H and O–H groups in total. The van der Waals surface area contributed by atoms with Crippen molar-refractivity contribution < 1.29 is 29.4 Å². The lowest BCUT2D eigenvalue weighted by atomic mass is 10.1. The number of hydrogen-bond donors (Lipinski definition) is 3. The van der Waals surface area contributed by atoms with Crippen molar-refractivity contribution in [2.45, 2.75) is 25.8 Å². The molecule has 0 radical (unpaired) electrons. The van der Waals surface area contributed by atoms with Crippen molar-refractivity contribution in [1.29, 1.82) is 0 Å². The standard InChI is InChI=1S/C19H35N5O6/c1-2-21-5-6-23(15-18(27)28)8-7-22(14-17(20)26)10-12-24(11-9-21)16(19(29)30)4-3-13-25/h13,16H,2-12,14-15H2,1H3,(H2,20,26)(H,27,28)(H,29,30). The lowest BCUT2D eigenvalue weighted by Gasteiger charge is -2.35. The summed E-state index contributed by atoms with van der Waals surface area (Å²) in [5.41, 5.74) is 5.36. The number of carboxylic acid groups (broad SMARTS) is 2. The van der Waals surface area contributed by atoms with Gasteiger partial charge in [-0.25, -0.2) is 0 Å². The van der Waals surface area contributed by atoms with Gasteiger partial charge in [0.15, 0.2) is 0 Å². The van der Waals surface area contributed by atoms with Gasteiger partial charge in [0, 0.05) is 58.8 Å². The van der Waals surface area contributed by atoms with E-state index in [-0.39, 0.29) is 25.9 Å². The normalized spacial score (nSPS) is 20.0. The van der Waals surface area contributed by atoms with Gasteiger partial charge in [-0.1, -0.05) is 6.92 Å². The molecule has 0 aromatic heterocycles. The molecular weight excluding hydrogens is 394 g/mol. The maximum absolute atomic E-state index is 11.8. The molecule has 172 valence electrons. The quantitative estimate of drug-likeness (QED) is 0.341. The van der Waals surface area contributed by atoms with Crippen molar-refractivity contribution in [3.63, 3.8) is 0 Å². The molecule has 1 unspecified atom stereocenters. The highest BCUT2D eigenvalue weighted by molar-refractivity contribution is 5.76. The third-order valence-corrected chi connectivity index (χ3v) is 5.34. The van der Waals surface area contributed by atoms with Gasteiger partial charge in [-0.15, -0.1) is 0 Å². The van der Waals surface area contributed by atoms with Gasteiger partial charge < -0.3 is 25.6 Å². The Labute approximate surface area is 177 Å². The molecule has 1 heterocycles. The van der Waals surface area contributed by atoms with E-state index in [1.54, 1.807) is 0 Å². The third kappa shape index (κ3) is 10.1. The van der Waals surface area contributed by atoms with Crippen LogP contribution in [0.2, 0.25) is 0 Å². The van der Waals surface area contributed by atoms with Crippen LogP contribution in [0.25, 0.3) is 0 Å². The molecule has 11 heteroatoms. The van der Waals surface area contributed by atoms with Crippen LogP contribution in [0.3, 0.4) is 0 Å². The molecule has 0 spiro atoms. The van der Waals surface area contributed by atoms with Crippen LogP contribution in [0.1, 0.15) is 19.8 Å². The summed E-state index contributed by atoms with van der Waals surface area (Å²) in [6, 6.07) is -0.782. The van der Waals surface area contributed by atoms with Crippen LogP contribution in [0.5, 0.6) is 0 Å². The summed E-state index contributed by atoms with van der Waals surface area (Å²) in [7, 11) is 0. The van der Waals surface area contributed by atoms with E-state index < -0.39 is 23.9 Å². The first kappa shape index (κ1) is 26.0. The van der Waals surface area contributed by atoms with E-state index in [9.17, 15) is 29.4 Å². The average molecular weight is 430 g/mol. The molecule has 11 nitrogen and oxygen atoms in total. The Balaban J connectivity index is 2.99. The van der Waals surface area contributed by atoms with Crippen LogP contribution in [0.15, 0.2) is 0 Å². The van der Waals surface area contributed by atoms with Crippen molar-refractivity contribution >= 4 is 24.1 Å². The van der Waals surface area contributed by atoms with E-state index >= 15 is 0 Å². The summed E-state index contributed by atoms with van der Waals surface area (Å²) in [5.74, 6) is -2.37. The fraction of sp³-hybridized carbons (Fsp3) is 0.789. The van der Waals surface area contributed by atoms with E-state index in [4.69, 9.17) is 5.73 Å². The van der Waals surface area contributed by atoms with Gasteiger partial charge in [-0.3, -0.25) is 29.1 Å². The molecule has 1 fully saturated rings. The first-order valence-corrected chi connectivity index (χ1v) is 10.3. The summed E-state index contributed by atoms with van der Waals surface area (Å²) >= 11 is 0. The van der Waals surface area contributed by atoms with Crippen molar-refractivity contribution in [1.82, 2.24) is 19.6 Å². The second-order valence-electron chi connectivity index (χ2n) is 7.48. The number of carbonyl (C=O) groups is 4. The van der Waals surface area contributed by atoms with Gasteiger partial charge in [0.25, 0.3) is 0 Å². The van der Waals surface area contributed by atoms with Crippen molar-refractivity contribution in [3.05, 3.63) is 0 Å². The highest BCUT2D eigenvalue weighted by Crippen LogP contribution is 2.09.